The summed E-state index contributed by atoms with van der Waals surface area (Å²) >= 11 is 0. The molecule has 1 fully saturated rings. The van der Waals surface area contributed by atoms with Crippen LogP contribution in [0.25, 0.3) is 23.1 Å². The van der Waals surface area contributed by atoms with Gasteiger partial charge in [0.25, 0.3) is 10.0 Å². The van der Waals surface area contributed by atoms with Crippen LogP contribution >= 0.6 is 0 Å². The number of amides is 1. The molecular weight excluding hydrogens is 548 g/mol. The second-order valence-electron chi connectivity index (χ2n) is 9.44. The Bertz CT molecular complexity index is 1680. The van der Waals surface area contributed by atoms with Crippen LogP contribution in [0.5, 0.6) is 0 Å². The van der Waals surface area contributed by atoms with E-state index in [1.807, 2.05) is 12.1 Å². The number of fused-ring (bicyclic) bond motifs is 1. The molecule has 208 valence electrons. The molecule has 5 rings (SSSR count). The number of sulfonamides is 1. The van der Waals surface area contributed by atoms with Gasteiger partial charge in [-0.1, -0.05) is 42.5 Å². The highest BCUT2D eigenvalue weighted by molar-refractivity contribution is 7.89. The predicted molar refractivity (Wildman–Crippen MR) is 142 cm³/mol. The van der Waals surface area contributed by atoms with E-state index in [-0.39, 0.29) is 23.8 Å². The Morgan fingerprint density at radius 1 is 1.00 bits per heavy atom. The number of alkyl halides is 3. The first-order valence-electron chi connectivity index (χ1n) is 12.4. The zero-order valence-corrected chi connectivity index (χ0v) is 21.8. The lowest BCUT2D eigenvalue weighted by Gasteiger charge is -2.22. The van der Waals surface area contributed by atoms with Crippen molar-refractivity contribution in [1.82, 2.24) is 9.62 Å². The molecule has 1 saturated heterocycles. The third kappa shape index (κ3) is 5.95. The molecule has 11 heteroatoms. The summed E-state index contributed by atoms with van der Waals surface area (Å²) < 4.78 is 84.9. The van der Waals surface area contributed by atoms with Gasteiger partial charge in [-0.25, -0.2) is 12.8 Å². The van der Waals surface area contributed by atoms with E-state index in [1.54, 1.807) is 24.3 Å². The third-order valence-electron chi connectivity index (χ3n) is 6.65. The van der Waals surface area contributed by atoms with Crippen molar-refractivity contribution >= 4 is 39.1 Å². The van der Waals surface area contributed by atoms with Crippen molar-refractivity contribution in [3.05, 3.63) is 101 Å². The molecular formula is C29H24F4N2O4S. The van der Waals surface area contributed by atoms with Gasteiger partial charge in [0.2, 0.25) is 11.0 Å². The molecule has 0 spiro atoms. The molecule has 0 radical (unpaired) electrons. The maximum absolute atomic E-state index is 13.5. The van der Waals surface area contributed by atoms with E-state index < -0.39 is 39.5 Å². The number of nitrogens with one attached hydrogen (secondary N) is 1. The first-order chi connectivity index (χ1) is 19.0. The Hall–Kier alpha value is -3.96. The lowest BCUT2D eigenvalue weighted by molar-refractivity contribution is -0.137. The molecule has 0 unspecified atom stereocenters. The van der Waals surface area contributed by atoms with Gasteiger partial charge in [0.1, 0.15) is 17.4 Å². The number of rotatable bonds is 7. The van der Waals surface area contributed by atoms with E-state index >= 15 is 0 Å². The third-order valence-corrected chi connectivity index (χ3v) is 8.41. The fourth-order valence-electron chi connectivity index (χ4n) is 4.61. The van der Waals surface area contributed by atoms with E-state index in [0.717, 1.165) is 27.6 Å². The molecule has 2 heterocycles. The van der Waals surface area contributed by atoms with Gasteiger partial charge >= 0.3 is 6.18 Å². The van der Waals surface area contributed by atoms with Crippen molar-refractivity contribution in [2.24, 2.45) is 0 Å². The molecule has 1 aliphatic heterocycles. The summed E-state index contributed by atoms with van der Waals surface area (Å²) in [5.41, 5.74) is 1.65. The summed E-state index contributed by atoms with van der Waals surface area (Å²) in [6, 6.07) is 16.1. The average molecular weight is 573 g/mol. The van der Waals surface area contributed by atoms with Crippen LogP contribution < -0.4 is 5.32 Å². The molecule has 0 bridgehead atoms. The van der Waals surface area contributed by atoms with E-state index in [4.69, 9.17) is 4.42 Å². The van der Waals surface area contributed by atoms with Gasteiger partial charge in [0, 0.05) is 24.5 Å². The first kappa shape index (κ1) is 27.6. The summed E-state index contributed by atoms with van der Waals surface area (Å²) in [6.07, 6.45) is -0.120. The summed E-state index contributed by atoms with van der Waals surface area (Å²) in [5.74, 6) is -0.969. The molecule has 4 aromatic rings. The number of carbonyl (C=O) groups excluding carboxylic acids is 1. The van der Waals surface area contributed by atoms with Crippen LogP contribution in [-0.4, -0.2) is 31.2 Å². The van der Waals surface area contributed by atoms with Gasteiger partial charge in [-0.05, 0) is 65.9 Å². The van der Waals surface area contributed by atoms with E-state index in [9.17, 15) is 30.8 Å². The highest BCUT2D eigenvalue weighted by atomic mass is 32.2. The molecule has 0 aliphatic carbocycles. The van der Waals surface area contributed by atoms with Crippen molar-refractivity contribution in [2.75, 3.05) is 6.54 Å². The smallest absolute Gasteiger partial charge is 0.416 e. The van der Waals surface area contributed by atoms with Gasteiger partial charge in [-0.2, -0.15) is 17.5 Å². The summed E-state index contributed by atoms with van der Waals surface area (Å²) in [4.78, 5) is 13.0. The molecule has 3 aromatic carbocycles. The van der Waals surface area contributed by atoms with Gasteiger partial charge < -0.3 is 9.73 Å². The molecule has 6 nitrogen and oxygen atoms in total. The maximum Gasteiger partial charge on any atom is 0.416 e. The molecule has 40 heavy (non-hydrogen) atoms. The monoisotopic (exact) mass is 572 g/mol. The Morgan fingerprint density at radius 3 is 2.50 bits per heavy atom. The lowest BCUT2D eigenvalue weighted by atomic mass is 10.1. The zero-order chi connectivity index (χ0) is 28.5. The minimum atomic E-state index is -4.39. The van der Waals surface area contributed by atoms with Crippen LogP contribution in [0.2, 0.25) is 0 Å². The van der Waals surface area contributed by atoms with Crippen LogP contribution in [-0.2, 0) is 27.5 Å². The molecule has 1 N–H and O–H groups in total. The standard InChI is InChI=1S/C29H24F4N2O4S/c30-24-12-13-26-22(16-24)17-27(39-26)40(37,38)35-14-2-5-25(35)28(36)34-18-21-4-1-3-20(15-21)7-6-19-8-10-23(11-9-19)29(31,32)33/h1,3-4,6-13,15-17,25H,2,5,14,18H2,(H,34,36)/b7-6+/t25-/m0/s1. The Kier molecular flexibility index (Phi) is 7.52. The normalized spacial score (nSPS) is 16.6. The van der Waals surface area contributed by atoms with Gasteiger partial charge in [0.15, 0.2) is 0 Å². The van der Waals surface area contributed by atoms with E-state index in [1.165, 1.54) is 36.4 Å². The summed E-state index contributed by atoms with van der Waals surface area (Å²) in [5, 5.41) is 2.76. The predicted octanol–water partition coefficient (Wildman–Crippen LogP) is 6.23. The van der Waals surface area contributed by atoms with Crippen molar-refractivity contribution in [1.29, 1.82) is 0 Å². The van der Waals surface area contributed by atoms with Crippen molar-refractivity contribution < 1.29 is 35.2 Å². The van der Waals surface area contributed by atoms with Crippen molar-refractivity contribution in [3.63, 3.8) is 0 Å². The highest BCUT2D eigenvalue weighted by Crippen LogP contribution is 2.31. The number of hydrogen-bond acceptors (Lipinski definition) is 4. The van der Waals surface area contributed by atoms with Crippen LogP contribution in [0.15, 0.2) is 82.3 Å². The minimum Gasteiger partial charge on any atom is -0.443 e. The minimum absolute atomic E-state index is 0.148. The van der Waals surface area contributed by atoms with Gasteiger partial charge in [-0.15, -0.1) is 0 Å². The Morgan fingerprint density at radius 2 is 1.75 bits per heavy atom. The Labute approximate surface area is 228 Å². The van der Waals surface area contributed by atoms with E-state index in [0.29, 0.717) is 23.8 Å². The number of halogens is 4. The average Bonchev–Trinajstić information content (AvgIpc) is 3.59. The topological polar surface area (TPSA) is 79.6 Å². The van der Waals surface area contributed by atoms with Crippen LogP contribution in [0.3, 0.4) is 0 Å². The maximum atomic E-state index is 13.5. The fourth-order valence-corrected chi connectivity index (χ4v) is 6.22. The quantitative estimate of drug-likeness (QED) is 0.210. The number of hydrogen-bond donors (Lipinski definition) is 1. The zero-order valence-electron chi connectivity index (χ0n) is 21.0. The van der Waals surface area contributed by atoms with Crippen LogP contribution in [0, 0.1) is 5.82 Å². The molecule has 1 amide bonds. The molecule has 1 aliphatic rings. The SMILES string of the molecule is O=C(NCc1cccc(/C=C/c2ccc(C(F)(F)F)cc2)c1)[C@@H]1CCCN1S(=O)(=O)c1cc2cc(F)ccc2o1. The second kappa shape index (κ2) is 10.9. The largest absolute Gasteiger partial charge is 0.443 e. The number of carbonyl (C=O) groups is 1. The van der Waals surface area contributed by atoms with Gasteiger partial charge in [-0.3, -0.25) is 4.79 Å². The summed E-state index contributed by atoms with van der Waals surface area (Å²) in [7, 11) is -4.13. The first-order valence-corrected chi connectivity index (χ1v) is 13.9. The summed E-state index contributed by atoms with van der Waals surface area (Å²) in [6.45, 7) is 0.297. The van der Waals surface area contributed by atoms with Crippen LogP contribution in [0.1, 0.15) is 35.1 Å². The number of nitrogens with zero attached hydrogens (tertiary/aromatic N) is 1. The van der Waals surface area contributed by atoms with E-state index in [2.05, 4.69) is 5.32 Å². The fraction of sp³-hybridized carbons (Fsp3) is 0.207. The lowest BCUT2D eigenvalue weighted by Crippen LogP contribution is -2.45. The van der Waals surface area contributed by atoms with Crippen LogP contribution in [0.4, 0.5) is 17.6 Å². The molecule has 1 aromatic heterocycles. The molecule has 1 atom stereocenters. The molecule has 0 saturated carbocycles. The Balaban J connectivity index is 1.24. The van der Waals surface area contributed by atoms with Crippen molar-refractivity contribution in [3.8, 4) is 0 Å². The van der Waals surface area contributed by atoms with Crippen molar-refractivity contribution in [2.45, 2.75) is 36.7 Å². The highest BCUT2D eigenvalue weighted by Gasteiger charge is 2.41. The number of benzene rings is 3. The van der Waals surface area contributed by atoms with Gasteiger partial charge in [0.05, 0.1) is 5.56 Å². The second-order valence-corrected chi connectivity index (χ2v) is 11.3. The number of furan rings is 1.